The molecule has 0 amide bonds. The Bertz CT molecular complexity index is 802. The van der Waals surface area contributed by atoms with E-state index in [-0.39, 0.29) is 6.04 Å². The van der Waals surface area contributed by atoms with Crippen molar-refractivity contribution in [2.45, 2.75) is 46.7 Å². The number of guanidine groups is 1. The first-order valence-electron chi connectivity index (χ1n) is 10.1. The molecule has 0 radical (unpaired) electrons. The van der Waals surface area contributed by atoms with Crippen LogP contribution in [0.5, 0.6) is 5.75 Å². The molecule has 0 saturated heterocycles. The monoisotopic (exact) mass is 402 g/mol. The molecule has 2 aromatic rings. The maximum atomic E-state index is 5.54. The first kappa shape index (κ1) is 22.7. The van der Waals surface area contributed by atoms with Gasteiger partial charge in [0.2, 0.25) is 0 Å². The van der Waals surface area contributed by atoms with Crippen LogP contribution in [-0.4, -0.2) is 47.6 Å². The van der Waals surface area contributed by atoms with Crippen molar-refractivity contribution in [1.29, 1.82) is 0 Å². The maximum absolute atomic E-state index is 5.54. The van der Waals surface area contributed by atoms with Gasteiger partial charge in [-0.25, -0.2) is 4.99 Å². The van der Waals surface area contributed by atoms with Crippen LogP contribution in [0.3, 0.4) is 0 Å². The molecule has 1 aromatic heterocycles. The zero-order valence-corrected chi connectivity index (χ0v) is 18.5. The molecule has 0 aliphatic rings. The van der Waals surface area contributed by atoms with Gasteiger partial charge in [-0.2, -0.15) is 0 Å². The van der Waals surface area contributed by atoms with Crippen LogP contribution in [0.25, 0.3) is 0 Å². The van der Waals surface area contributed by atoms with Crippen molar-refractivity contribution < 1.29 is 9.47 Å². The van der Waals surface area contributed by atoms with Crippen LogP contribution in [0, 0.1) is 13.8 Å². The second kappa shape index (κ2) is 11.4. The van der Waals surface area contributed by atoms with Crippen molar-refractivity contribution in [2.24, 2.45) is 12.0 Å². The van der Waals surface area contributed by atoms with E-state index in [4.69, 9.17) is 14.5 Å². The second-order valence-electron chi connectivity index (χ2n) is 6.98. The van der Waals surface area contributed by atoms with Gasteiger partial charge in [0.15, 0.2) is 11.8 Å². The number of benzene rings is 1. The Morgan fingerprint density at radius 2 is 2.07 bits per heavy atom. The third kappa shape index (κ3) is 6.74. The number of nitrogens with zero attached hydrogens (tertiary/aromatic N) is 4. The minimum absolute atomic E-state index is 0.0178. The summed E-state index contributed by atoms with van der Waals surface area (Å²) in [6.07, 6.45) is 0.903. The van der Waals surface area contributed by atoms with Gasteiger partial charge in [0.05, 0.1) is 13.2 Å². The third-order valence-electron chi connectivity index (χ3n) is 4.73. The highest BCUT2D eigenvalue weighted by molar-refractivity contribution is 5.80. The average Bonchev–Trinajstić information content (AvgIpc) is 3.03. The highest BCUT2D eigenvalue weighted by atomic mass is 16.5. The van der Waals surface area contributed by atoms with Crippen molar-refractivity contribution in [1.82, 2.24) is 25.4 Å². The lowest BCUT2D eigenvalue weighted by atomic mass is 10.0. The lowest BCUT2D eigenvalue weighted by Gasteiger charge is -2.21. The molecule has 1 heterocycles. The van der Waals surface area contributed by atoms with Gasteiger partial charge in [0, 0.05) is 32.4 Å². The maximum Gasteiger partial charge on any atom is 0.192 e. The molecule has 2 N–H and O–H groups in total. The Morgan fingerprint density at radius 3 is 2.72 bits per heavy atom. The minimum atomic E-state index is 0.0178. The summed E-state index contributed by atoms with van der Waals surface area (Å²) in [5, 5.41) is 15.2. The third-order valence-corrected chi connectivity index (χ3v) is 4.73. The number of methoxy groups -OCH3 is 1. The summed E-state index contributed by atoms with van der Waals surface area (Å²) >= 11 is 0. The van der Waals surface area contributed by atoms with Gasteiger partial charge < -0.3 is 24.7 Å². The molecule has 160 valence electrons. The van der Waals surface area contributed by atoms with Crippen LogP contribution >= 0.6 is 0 Å². The lowest BCUT2D eigenvalue weighted by molar-refractivity contribution is 0.145. The number of aryl methyl sites for hydroxylation is 2. The van der Waals surface area contributed by atoms with Crippen LogP contribution in [0.15, 0.2) is 23.2 Å². The van der Waals surface area contributed by atoms with Gasteiger partial charge in [-0.05, 0) is 40.2 Å². The van der Waals surface area contributed by atoms with E-state index >= 15 is 0 Å². The summed E-state index contributed by atoms with van der Waals surface area (Å²) in [5.74, 6) is 3.26. The van der Waals surface area contributed by atoms with Crippen LogP contribution < -0.4 is 15.4 Å². The highest BCUT2D eigenvalue weighted by Crippen LogP contribution is 2.26. The van der Waals surface area contributed by atoms with E-state index in [0.717, 1.165) is 55.1 Å². The largest absolute Gasteiger partial charge is 0.496 e. The molecule has 0 bridgehead atoms. The topological polar surface area (TPSA) is 85.6 Å². The molecule has 0 aliphatic carbocycles. The molecule has 1 unspecified atom stereocenters. The van der Waals surface area contributed by atoms with E-state index in [0.29, 0.717) is 6.54 Å². The second-order valence-corrected chi connectivity index (χ2v) is 6.98. The quantitative estimate of drug-likeness (QED) is 0.361. The first-order chi connectivity index (χ1) is 14.0. The fraction of sp³-hybridized carbons (Fsp3) is 0.571. The molecule has 1 atom stereocenters. The van der Waals surface area contributed by atoms with E-state index in [2.05, 4.69) is 40.7 Å². The Labute approximate surface area is 173 Å². The fourth-order valence-electron chi connectivity index (χ4n) is 2.89. The molecule has 0 fully saturated rings. The summed E-state index contributed by atoms with van der Waals surface area (Å²) < 4.78 is 12.9. The predicted molar refractivity (Wildman–Crippen MR) is 115 cm³/mol. The summed E-state index contributed by atoms with van der Waals surface area (Å²) in [5.41, 5.74) is 2.28. The molecule has 0 spiro atoms. The Hall–Kier alpha value is -2.61. The Morgan fingerprint density at radius 1 is 1.28 bits per heavy atom. The van der Waals surface area contributed by atoms with E-state index in [1.54, 1.807) is 7.11 Å². The van der Waals surface area contributed by atoms with Crippen LogP contribution in [0.1, 0.15) is 49.1 Å². The molecule has 8 nitrogen and oxygen atoms in total. The lowest BCUT2D eigenvalue weighted by Crippen LogP contribution is -2.39. The number of aliphatic imine (C=N–C) groups is 1. The van der Waals surface area contributed by atoms with Crippen molar-refractivity contribution in [3.05, 3.63) is 41.0 Å². The van der Waals surface area contributed by atoms with Crippen molar-refractivity contribution in [3.8, 4) is 5.75 Å². The Balaban J connectivity index is 2.12. The molecule has 0 aliphatic heterocycles. The van der Waals surface area contributed by atoms with Gasteiger partial charge in [0.25, 0.3) is 0 Å². The van der Waals surface area contributed by atoms with E-state index in [9.17, 15) is 0 Å². The number of hydrogen-bond acceptors (Lipinski definition) is 5. The van der Waals surface area contributed by atoms with E-state index in [1.165, 1.54) is 5.56 Å². The molecule has 29 heavy (non-hydrogen) atoms. The van der Waals surface area contributed by atoms with Gasteiger partial charge in [-0.1, -0.05) is 17.7 Å². The summed E-state index contributed by atoms with van der Waals surface area (Å²) in [7, 11) is 3.64. The summed E-state index contributed by atoms with van der Waals surface area (Å²) in [6.45, 7) is 10.8. The van der Waals surface area contributed by atoms with Crippen LogP contribution in [0.2, 0.25) is 0 Å². The summed E-state index contributed by atoms with van der Waals surface area (Å²) in [6, 6.07) is 6.20. The van der Waals surface area contributed by atoms with Gasteiger partial charge in [-0.15, -0.1) is 10.2 Å². The van der Waals surface area contributed by atoms with E-state index < -0.39 is 0 Å². The van der Waals surface area contributed by atoms with Crippen molar-refractivity contribution in [2.75, 3.05) is 26.9 Å². The zero-order valence-electron chi connectivity index (χ0n) is 18.5. The molecule has 1 aromatic carbocycles. The normalized spacial score (nSPS) is 12.7. The molecule has 0 saturated carbocycles. The van der Waals surface area contributed by atoms with Crippen LogP contribution in [-0.2, 0) is 18.3 Å². The van der Waals surface area contributed by atoms with Gasteiger partial charge >= 0.3 is 0 Å². The number of hydrogen-bond donors (Lipinski definition) is 2. The number of rotatable bonds is 10. The standard InChI is InChI=1S/C21H34N6O2/c1-7-29-12-8-11-22-21(23-14-20-26-25-17(4)27(20)5)24-16(3)18-13-15(2)9-10-19(18)28-6/h9-10,13,16H,7-8,11-12,14H2,1-6H3,(H2,22,23,24). The number of aromatic nitrogens is 3. The summed E-state index contributed by atoms with van der Waals surface area (Å²) in [4.78, 5) is 4.72. The molecule has 8 heteroatoms. The predicted octanol–water partition coefficient (Wildman–Crippen LogP) is 2.66. The molecule has 2 rings (SSSR count). The minimum Gasteiger partial charge on any atom is -0.496 e. The first-order valence-corrected chi connectivity index (χ1v) is 10.1. The Kier molecular flexibility index (Phi) is 8.92. The SMILES string of the molecule is CCOCCCNC(=NCc1nnc(C)n1C)NC(C)c1cc(C)ccc1OC. The van der Waals surface area contributed by atoms with Crippen molar-refractivity contribution >= 4 is 5.96 Å². The zero-order chi connectivity index (χ0) is 21.2. The molecular weight excluding hydrogens is 368 g/mol. The van der Waals surface area contributed by atoms with Crippen molar-refractivity contribution in [3.63, 3.8) is 0 Å². The average molecular weight is 403 g/mol. The number of ether oxygens (including phenoxy) is 2. The number of nitrogens with one attached hydrogen (secondary N) is 2. The van der Waals surface area contributed by atoms with Gasteiger partial charge in [0.1, 0.15) is 18.1 Å². The van der Waals surface area contributed by atoms with E-state index in [1.807, 2.05) is 37.6 Å². The van der Waals surface area contributed by atoms with Crippen LogP contribution in [0.4, 0.5) is 0 Å². The molecular formula is C21H34N6O2. The van der Waals surface area contributed by atoms with Gasteiger partial charge in [-0.3, -0.25) is 0 Å². The fourth-order valence-corrected chi connectivity index (χ4v) is 2.89. The smallest absolute Gasteiger partial charge is 0.192 e. The highest BCUT2D eigenvalue weighted by Gasteiger charge is 2.14.